The van der Waals surface area contributed by atoms with E-state index in [4.69, 9.17) is 27.9 Å². The molecule has 0 aliphatic heterocycles. The maximum Gasteiger partial charge on any atom is 0.244 e. The molecule has 0 radical (unpaired) electrons. The zero-order valence-corrected chi connectivity index (χ0v) is 25.7. The molecular weight excluding hydrogens is 585 g/mol. The van der Waals surface area contributed by atoms with Crippen LogP contribution < -0.4 is 14.4 Å². The molecule has 1 unspecified atom stereocenters. The molecule has 0 bridgehead atoms. The Morgan fingerprint density at radius 1 is 0.951 bits per heavy atom. The van der Waals surface area contributed by atoms with E-state index >= 15 is 0 Å². The highest BCUT2D eigenvalue weighted by molar-refractivity contribution is 7.92. The zero-order chi connectivity index (χ0) is 30.0. The number of carbonyl (C=O) groups excluding carboxylic acids is 2. The second kappa shape index (κ2) is 15.1. The minimum absolute atomic E-state index is 0.0297. The van der Waals surface area contributed by atoms with Crippen molar-refractivity contribution in [2.24, 2.45) is 0 Å². The van der Waals surface area contributed by atoms with Gasteiger partial charge in [-0.3, -0.25) is 13.9 Å². The lowest BCUT2D eigenvalue weighted by Gasteiger charge is -2.31. The monoisotopic (exact) mass is 619 g/mol. The van der Waals surface area contributed by atoms with Gasteiger partial charge in [0.1, 0.15) is 24.9 Å². The highest BCUT2D eigenvalue weighted by Crippen LogP contribution is 2.25. The van der Waals surface area contributed by atoms with Gasteiger partial charge in [-0.25, -0.2) is 8.42 Å². The summed E-state index contributed by atoms with van der Waals surface area (Å²) in [6.07, 6.45) is 2.73. The highest BCUT2D eigenvalue weighted by atomic mass is 35.5. The Kier molecular flexibility index (Phi) is 11.9. The molecule has 3 aromatic carbocycles. The van der Waals surface area contributed by atoms with Gasteiger partial charge in [0.05, 0.1) is 22.0 Å². The van der Waals surface area contributed by atoms with Crippen molar-refractivity contribution in [2.75, 3.05) is 23.7 Å². The van der Waals surface area contributed by atoms with Gasteiger partial charge in [0.2, 0.25) is 21.8 Å². The summed E-state index contributed by atoms with van der Waals surface area (Å²) in [5.74, 6) is -0.335. The summed E-state index contributed by atoms with van der Waals surface area (Å²) in [5, 5.41) is 3.51. The van der Waals surface area contributed by atoms with E-state index in [2.05, 4.69) is 5.32 Å². The van der Waals surface area contributed by atoms with Gasteiger partial charge in [-0.05, 0) is 60.9 Å². The molecule has 11 heteroatoms. The van der Waals surface area contributed by atoms with Crippen LogP contribution >= 0.6 is 23.2 Å². The second-order valence-corrected chi connectivity index (χ2v) is 12.3. The van der Waals surface area contributed by atoms with E-state index in [1.807, 2.05) is 37.3 Å². The Bertz CT molecular complexity index is 1420. The molecule has 3 rings (SSSR count). The molecule has 0 fully saturated rings. The van der Waals surface area contributed by atoms with Crippen molar-refractivity contribution in [2.45, 2.75) is 45.9 Å². The molecule has 0 aromatic heterocycles. The minimum Gasteiger partial charge on any atom is -0.489 e. The number of hydrogen-bond acceptors (Lipinski definition) is 5. The molecular formula is C30H35Cl2N3O5S. The Balaban J connectivity index is 1.82. The quantitative estimate of drug-likeness (QED) is 0.234. The average molecular weight is 621 g/mol. The van der Waals surface area contributed by atoms with Gasteiger partial charge >= 0.3 is 0 Å². The summed E-state index contributed by atoms with van der Waals surface area (Å²) >= 11 is 12.2. The number of unbranched alkanes of at least 4 members (excludes halogenated alkanes) is 1. The van der Waals surface area contributed by atoms with Crippen LogP contribution in [0.4, 0.5) is 5.69 Å². The van der Waals surface area contributed by atoms with E-state index in [1.165, 1.54) is 4.90 Å². The molecule has 41 heavy (non-hydrogen) atoms. The van der Waals surface area contributed by atoms with Gasteiger partial charge in [-0.2, -0.15) is 0 Å². The van der Waals surface area contributed by atoms with E-state index in [0.717, 1.165) is 29.0 Å². The SMILES string of the molecule is CCCCNC(=O)C(C)N(Cc1ccc(Cl)c(Cl)c1)C(=O)CN(c1ccc(OCc2ccccc2)cc1)S(C)(=O)=O. The zero-order valence-electron chi connectivity index (χ0n) is 23.3. The fraction of sp³-hybridized carbons (Fsp3) is 0.333. The molecule has 1 atom stereocenters. The normalized spacial score (nSPS) is 11.9. The number of carbonyl (C=O) groups is 2. The number of halogens is 2. The number of rotatable bonds is 14. The first kappa shape index (κ1) is 32.2. The number of benzene rings is 3. The van der Waals surface area contributed by atoms with Crippen LogP contribution in [0.15, 0.2) is 72.8 Å². The largest absolute Gasteiger partial charge is 0.489 e. The highest BCUT2D eigenvalue weighted by Gasteiger charge is 2.30. The lowest BCUT2D eigenvalue weighted by molar-refractivity contribution is -0.139. The van der Waals surface area contributed by atoms with Crippen molar-refractivity contribution in [3.05, 3.63) is 94.0 Å². The first-order valence-corrected chi connectivity index (χ1v) is 15.9. The van der Waals surface area contributed by atoms with Crippen molar-refractivity contribution in [1.82, 2.24) is 10.2 Å². The standard InChI is InChI=1S/C30H35Cl2N3O5S/c1-4-5-17-33-30(37)22(2)34(19-24-11-16-27(31)28(32)18-24)29(36)20-35(41(3,38)39)25-12-14-26(15-13-25)40-21-23-9-7-6-8-10-23/h6-16,18,22H,4-5,17,19-21H2,1-3H3,(H,33,37). The average Bonchev–Trinajstić information content (AvgIpc) is 2.95. The molecule has 0 aliphatic carbocycles. The van der Waals surface area contributed by atoms with Crippen molar-refractivity contribution >= 4 is 50.7 Å². The second-order valence-electron chi connectivity index (χ2n) is 9.63. The van der Waals surface area contributed by atoms with Gasteiger partial charge in [0, 0.05) is 13.1 Å². The number of anilines is 1. The summed E-state index contributed by atoms with van der Waals surface area (Å²) < 4.78 is 32.5. The molecule has 3 aromatic rings. The van der Waals surface area contributed by atoms with E-state index in [9.17, 15) is 18.0 Å². The van der Waals surface area contributed by atoms with Crippen LogP contribution in [0, 0.1) is 0 Å². The molecule has 8 nitrogen and oxygen atoms in total. The Hall–Kier alpha value is -3.27. The molecule has 0 saturated heterocycles. The summed E-state index contributed by atoms with van der Waals surface area (Å²) in [6, 6.07) is 20.2. The minimum atomic E-state index is -3.86. The Morgan fingerprint density at radius 2 is 1.63 bits per heavy atom. The number of hydrogen-bond donors (Lipinski definition) is 1. The summed E-state index contributed by atoms with van der Waals surface area (Å²) in [5.41, 5.74) is 1.93. The molecule has 0 heterocycles. The van der Waals surface area contributed by atoms with Crippen LogP contribution in [-0.2, 0) is 32.8 Å². The van der Waals surface area contributed by atoms with Crippen LogP contribution in [0.3, 0.4) is 0 Å². The first-order chi connectivity index (χ1) is 19.5. The molecule has 0 spiro atoms. The van der Waals surface area contributed by atoms with Crippen LogP contribution in [0.25, 0.3) is 0 Å². The van der Waals surface area contributed by atoms with Crippen LogP contribution in [0.1, 0.15) is 37.8 Å². The van der Waals surface area contributed by atoms with Gasteiger partial charge in [-0.15, -0.1) is 0 Å². The predicted octanol–water partition coefficient (Wildman–Crippen LogP) is 5.67. The third kappa shape index (κ3) is 9.66. The van der Waals surface area contributed by atoms with Gasteiger partial charge in [0.25, 0.3) is 0 Å². The van der Waals surface area contributed by atoms with Crippen LogP contribution in [0.5, 0.6) is 5.75 Å². The maximum atomic E-state index is 13.7. The lowest BCUT2D eigenvalue weighted by atomic mass is 10.1. The topological polar surface area (TPSA) is 96.0 Å². The number of nitrogens with one attached hydrogen (secondary N) is 1. The van der Waals surface area contributed by atoms with Crippen molar-refractivity contribution < 1.29 is 22.7 Å². The summed E-state index contributed by atoms with van der Waals surface area (Å²) in [7, 11) is -3.86. The number of sulfonamides is 1. The number of ether oxygens (including phenoxy) is 1. The Morgan fingerprint density at radius 3 is 2.24 bits per heavy atom. The van der Waals surface area contributed by atoms with E-state index in [0.29, 0.717) is 40.2 Å². The van der Waals surface area contributed by atoms with Crippen LogP contribution in [0.2, 0.25) is 10.0 Å². The van der Waals surface area contributed by atoms with Crippen molar-refractivity contribution in [3.8, 4) is 5.75 Å². The molecule has 1 N–H and O–H groups in total. The summed E-state index contributed by atoms with van der Waals surface area (Å²) in [4.78, 5) is 28.0. The van der Waals surface area contributed by atoms with Gasteiger partial charge < -0.3 is 15.0 Å². The molecule has 0 saturated carbocycles. The molecule has 220 valence electrons. The first-order valence-electron chi connectivity index (χ1n) is 13.2. The lowest BCUT2D eigenvalue weighted by Crippen LogP contribution is -2.51. The number of nitrogens with zero attached hydrogens (tertiary/aromatic N) is 2. The van der Waals surface area contributed by atoms with Crippen LogP contribution in [-0.4, -0.2) is 50.5 Å². The van der Waals surface area contributed by atoms with E-state index in [1.54, 1.807) is 49.4 Å². The predicted molar refractivity (Wildman–Crippen MR) is 164 cm³/mol. The third-order valence-electron chi connectivity index (χ3n) is 6.39. The van der Waals surface area contributed by atoms with Crippen molar-refractivity contribution in [1.29, 1.82) is 0 Å². The fourth-order valence-electron chi connectivity index (χ4n) is 4.02. The van der Waals surface area contributed by atoms with E-state index < -0.39 is 28.5 Å². The smallest absolute Gasteiger partial charge is 0.244 e. The Labute approximate surface area is 252 Å². The fourth-order valence-corrected chi connectivity index (χ4v) is 5.19. The van der Waals surface area contributed by atoms with E-state index in [-0.39, 0.29) is 12.5 Å². The van der Waals surface area contributed by atoms with Gasteiger partial charge in [0.15, 0.2) is 0 Å². The maximum absolute atomic E-state index is 13.7. The van der Waals surface area contributed by atoms with Crippen molar-refractivity contribution in [3.63, 3.8) is 0 Å². The number of amides is 2. The van der Waals surface area contributed by atoms with Gasteiger partial charge in [-0.1, -0.05) is 72.9 Å². The molecule has 0 aliphatic rings. The summed E-state index contributed by atoms with van der Waals surface area (Å²) in [6.45, 7) is 3.98. The molecule has 2 amide bonds. The third-order valence-corrected chi connectivity index (χ3v) is 8.27.